The smallest absolute Gasteiger partial charge is 0.306 e. The number of carbonyl (C=O) groups excluding carboxylic acids is 2. The molecule has 0 fully saturated rings. The fraction of sp³-hybridized carbons (Fsp3) is 0.831. The Bertz CT molecular complexity index is 1060. The topological polar surface area (TPSA) is 61.8 Å². The average molecular weight is 898 g/mol. The summed E-state index contributed by atoms with van der Waals surface area (Å²) in [4.78, 5) is 25.4. The Morgan fingerprint density at radius 1 is 0.344 bits per heavy atom. The quantitative estimate of drug-likeness (QED) is 0.0346. The highest BCUT2D eigenvalue weighted by Gasteiger charge is 2.17. The Hall–Kier alpha value is -2.14. The Balaban J connectivity index is 4.33. The number of esters is 2. The molecular formula is C59H108O5. The zero-order valence-corrected chi connectivity index (χ0v) is 43.1. The first-order chi connectivity index (χ1) is 31.6. The van der Waals surface area contributed by atoms with Crippen LogP contribution in [-0.2, 0) is 23.8 Å². The molecule has 374 valence electrons. The molecule has 0 aromatic rings. The summed E-state index contributed by atoms with van der Waals surface area (Å²) in [6.45, 7) is 7.80. The van der Waals surface area contributed by atoms with Crippen LogP contribution in [0.2, 0.25) is 0 Å². The summed E-state index contributed by atoms with van der Waals surface area (Å²) < 4.78 is 17.4. The first-order valence-corrected chi connectivity index (χ1v) is 28.2. The van der Waals surface area contributed by atoms with Crippen LogP contribution < -0.4 is 0 Å². The zero-order chi connectivity index (χ0) is 46.3. The van der Waals surface area contributed by atoms with E-state index in [1.807, 2.05) is 0 Å². The molecular weight excluding hydrogens is 789 g/mol. The second-order valence-corrected chi connectivity index (χ2v) is 18.8. The SMILES string of the molecule is CCCCCCCC/C=C\C/C=C\C/C=C\CCCC(=O)OC[C@@H](COCCCCCCCCCCCCCCCCCC)OC(=O)CCCCCCC/C=C\CCCCCCCC. The molecule has 0 aromatic carbocycles. The van der Waals surface area contributed by atoms with E-state index in [-0.39, 0.29) is 25.2 Å². The van der Waals surface area contributed by atoms with Crippen LogP contribution in [0.25, 0.3) is 0 Å². The molecule has 0 aliphatic heterocycles. The molecule has 0 rings (SSSR count). The molecule has 0 aliphatic rings. The minimum atomic E-state index is -0.558. The molecule has 5 heteroatoms. The summed E-state index contributed by atoms with van der Waals surface area (Å²) in [5, 5.41) is 0. The Labute approximate surface area is 399 Å². The summed E-state index contributed by atoms with van der Waals surface area (Å²) in [5.74, 6) is -0.454. The minimum absolute atomic E-state index is 0.0595. The molecule has 0 bridgehead atoms. The van der Waals surface area contributed by atoms with E-state index >= 15 is 0 Å². The minimum Gasteiger partial charge on any atom is -0.462 e. The summed E-state index contributed by atoms with van der Waals surface area (Å²) in [7, 11) is 0. The van der Waals surface area contributed by atoms with Crippen molar-refractivity contribution >= 4 is 11.9 Å². The van der Waals surface area contributed by atoms with Crippen LogP contribution in [-0.4, -0.2) is 37.9 Å². The zero-order valence-electron chi connectivity index (χ0n) is 43.1. The highest BCUT2D eigenvalue weighted by molar-refractivity contribution is 5.70. The lowest BCUT2D eigenvalue weighted by atomic mass is 10.0. The lowest BCUT2D eigenvalue weighted by molar-refractivity contribution is -0.163. The van der Waals surface area contributed by atoms with Gasteiger partial charge in [0.1, 0.15) is 6.61 Å². The molecule has 0 unspecified atom stereocenters. The molecule has 64 heavy (non-hydrogen) atoms. The third-order valence-corrected chi connectivity index (χ3v) is 12.3. The second-order valence-electron chi connectivity index (χ2n) is 18.8. The first-order valence-electron chi connectivity index (χ1n) is 28.2. The third kappa shape index (κ3) is 52.5. The van der Waals surface area contributed by atoms with Crippen LogP contribution in [0.1, 0.15) is 290 Å². The number of ether oxygens (including phenoxy) is 3. The maximum atomic E-state index is 12.8. The molecule has 0 N–H and O–H groups in total. The van der Waals surface area contributed by atoms with Crippen molar-refractivity contribution in [3.05, 3.63) is 48.6 Å². The van der Waals surface area contributed by atoms with Gasteiger partial charge in [-0.2, -0.15) is 0 Å². The maximum Gasteiger partial charge on any atom is 0.306 e. The van der Waals surface area contributed by atoms with E-state index in [0.29, 0.717) is 19.4 Å². The van der Waals surface area contributed by atoms with Gasteiger partial charge in [-0.1, -0.05) is 249 Å². The van der Waals surface area contributed by atoms with Gasteiger partial charge in [-0.25, -0.2) is 0 Å². The maximum absolute atomic E-state index is 12.8. The molecule has 0 saturated carbocycles. The molecule has 0 amide bonds. The second kappa shape index (κ2) is 55.2. The van der Waals surface area contributed by atoms with Gasteiger partial charge in [-0.3, -0.25) is 9.59 Å². The molecule has 0 saturated heterocycles. The normalized spacial score (nSPS) is 12.5. The highest BCUT2D eigenvalue weighted by Crippen LogP contribution is 2.15. The summed E-state index contributed by atoms with van der Waals surface area (Å²) in [6, 6.07) is 0. The Morgan fingerprint density at radius 3 is 1.11 bits per heavy atom. The molecule has 1 atom stereocenters. The van der Waals surface area contributed by atoms with Crippen molar-refractivity contribution in [2.45, 2.75) is 297 Å². The highest BCUT2D eigenvalue weighted by atomic mass is 16.6. The summed E-state index contributed by atoms with van der Waals surface area (Å²) in [5.41, 5.74) is 0. The number of carbonyl (C=O) groups is 2. The van der Waals surface area contributed by atoms with Gasteiger partial charge in [0.2, 0.25) is 0 Å². The van der Waals surface area contributed by atoms with E-state index in [4.69, 9.17) is 14.2 Å². The van der Waals surface area contributed by atoms with Crippen molar-refractivity contribution in [2.24, 2.45) is 0 Å². The molecule has 5 nitrogen and oxygen atoms in total. The van der Waals surface area contributed by atoms with Gasteiger partial charge < -0.3 is 14.2 Å². The van der Waals surface area contributed by atoms with Gasteiger partial charge in [0.25, 0.3) is 0 Å². The number of hydrogen-bond acceptors (Lipinski definition) is 5. The van der Waals surface area contributed by atoms with E-state index in [1.165, 1.54) is 193 Å². The van der Waals surface area contributed by atoms with Gasteiger partial charge in [0.05, 0.1) is 6.61 Å². The van der Waals surface area contributed by atoms with E-state index < -0.39 is 6.10 Å². The standard InChI is InChI=1S/C59H108O5/c1-4-7-10-13-16-19-22-25-28-30-32-34-37-40-43-46-49-52-58(60)63-56-57(55-62-54-51-48-45-42-39-36-33-29-26-23-20-17-14-11-8-5-2)64-59(61)53-50-47-44-41-38-35-31-27-24-21-18-15-12-9-6-3/h25,27-28,31-32,34,40,43,57H,4-24,26,29-30,33,35-39,41-42,44-56H2,1-3H3/b28-25-,31-27-,34-32-,43-40-/t57-/m1/s1. The Morgan fingerprint density at radius 2 is 0.672 bits per heavy atom. The first kappa shape index (κ1) is 61.9. The summed E-state index contributed by atoms with van der Waals surface area (Å²) >= 11 is 0. The monoisotopic (exact) mass is 897 g/mol. The van der Waals surface area contributed by atoms with Gasteiger partial charge in [-0.15, -0.1) is 0 Å². The van der Waals surface area contributed by atoms with Gasteiger partial charge in [0, 0.05) is 19.4 Å². The third-order valence-electron chi connectivity index (χ3n) is 12.3. The van der Waals surface area contributed by atoms with Gasteiger partial charge >= 0.3 is 11.9 Å². The van der Waals surface area contributed by atoms with Crippen molar-refractivity contribution < 1.29 is 23.8 Å². The van der Waals surface area contributed by atoms with Crippen LogP contribution in [0, 0.1) is 0 Å². The molecule has 0 spiro atoms. The van der Waals surface area contributed by atoms with Crippen LogP contribution >= 0.6 is 0 Å². The fourth-order valence-corrected chi connectivity index (χ4v) is 8.11. The predicted molar refractivity (Wildman–Crippen MR) is 279 cm³/mol. The van der Waals surface area contributed by atoms with E-state index in [2.05, 4.69) is 69.4 Å². The number of allylic oxidation sites excluding steroid dienone is 8. The molecule has 0 aliphatic carbocycles. The fourth-order valence-electron chi connectivity index (χ4n) is 8.11. The van der Waals surface area contributed by atoms with Crippen molar-refractivity contribution in [1.29, 1.82) is 0 Å². The van der Waals surface area contributed by atoms with E-state index in [0.717, 1.165) is 64.2 Å². The van der Waals surface area contributed by atoms with Crippen LogP contribution in [0.4, 0.5) is 0 Å². The Kier molecular flexibility index (Phi) is 53.3. The van der Waals surface area contributed by atoms with Crippen LogP contribution in [0.15, 0.2) is 48.6 Å². The van der Waals surface area contributed by atoms with E-state index in [1.54, 1.807) is 0 Å². The largest absolute Gasteiger partial charge is 0.462 e. The van der Waals surface area contributed by atoms with Gasteiger partial charge in [-0.05, 0) is 77.0 Å². The lowest BCUT2D eigenvalue weighted by Crippen LogP contribution is -2.30. The number of rotatable bonds is 52. The van der Waals surface area contributed by atoms with E-state index in [9.17, 15) is 9.59 Å². The van der Waals surface area contributed by atoms with Crippen molar-refractivity contribution in [1.82, 2.24) is 0 Å². The molecule has 0 heterocycles. The number of hydrogen-bond donors (Lipinski definition) is 0. The average Bonchev–Trinajstić information content (AvgIpc) is 3.30. The van der Waals surface area contributed by atoms with Crippen molar-refractivity contribution in [3.8, 4) is 0 Å². The number of unbranched alkanes of at least 4 members (excludes halogenated alkanes) is 33. The van der Waals surface area contributed by atoms with Crippen LogP contribution in [0.5, 0.6) is 0 Å². The van der Waals surface area contributed by atoms with Crippen molar-refractivity contribution in [3.63, 3.8) is 0 Å². The van der Waals surface area contributed by atoms with Crippen molar-refractivity contribution in [2.75, 3.05) is 19.8 Å². The summed E-state index contributed by atoms with van der Waals surface area (Å²) in [6.07, 6.45) is 68.5. The van der Waals surface area contributed by atoms with Gasteiger partial charge in [0.15, 0.2) is 6.10 Å². The predicted octanol–water partition coefficient (Wildman–Crippen LogP) is 19.1. The molecule has 0 aromatic heterocycles. The molecule has 0 radical (unpaired) electrons. The van der Waals surface area contributed by atoms with Crippen LogP contribution in [0.3, 0.4) is 0 Å². The lowest BCUT2D eigenvalue weighted by Gasteiger charge is -2.18.